The third-order valence-corrected chi connectivity index (χ3v) is 3.70. The van der Waals surface area contributed by atoms with Crippen molar-refractivity contribution in [3.63, 3.8) is 0 Å². The first-order chi connectivity index (χ1) is 8.24. The minimum Gasteiger partial charge on any atom is -0.0981 e. The zero-order valence-corrected chi connectivity index (χ0v) is 12.0. The Balaban J connectivity index is 1.97. The number of hydrogen-bond donors (Lipinski definition) is 0. The summed E-state index contributed by atoms with van der Waals surface area (Å²) < 4.78 is 1.12. The summed E-state index contributed by atoms with van der Waals surface area (Å²) in [4.78, 5) is 1.25. The average molecular weight is 305 g/mol. The van der Waals surface area contributed by atoms with Crippen LogP contribution >= 0.6 is 27.7 Å². The van der Waals surface area contributed by atoms with Crippen LogP contribution in [0.2, 0.25) is 0 Å². The van der Waals surface area contributed by atoms with E-state index in [0.29, 0.717) is 0 Å². The Hall–Kier alpha value is -0.990. The Morgan fingerprint density at radius 2 is 1.59 bits per heavy atom. The largest absolute Gasteiger partial charge is 0.0981 e. The van der Waals surface area contributed by atoms with Gasteiger partial charge < -0.3 is 0 Å². The molecule has 0 amide bonds. The highest BCUT2D eigenvalue weighted by atomic mass is 79.9. The van der Waals surface area contributed by atoms with E-state index >= 15 is 0 Å². The van der Waals surface area contributed by atoms with E-state index in [0.717, 1.165) is 4.47 Å². The molecule has 0 aromatic heterocycles. The molecular formula is C15H13BrS. The van der Waals surface area contributed by atoms with Gasteiger partial charge in [0.2, 0.25) is 0 Å². The van der Waals surface area contributed by atoms with Crippen LogP contribution < -0.4 is 0 Å². The van der Waals surface area contributed by atoms with E-state index in [9.17, 15) is 0 Å². The SMILES string of the molecule is Cc1ccc(/C=C/Sc2ccc(Br)cc2)cc1. The molecule has 0 heterocycles. The first-order valence-corrected chi connectivity index (χ1v) is 7.07. The summed E-state index contributed by atoms with van der Waals surface area (Å²) in [5, 5.41) is 2.12. The number of rotatable bonds is 3. The van der Waals surface area contributed by atoms with Crippen molar-refractivity contribution in [3.8, 4) is 0 Å². The standard InChI is InChI=1S/C15H13BrS/c1-12-2-4-13(5-3-12)10-11-17-15-8-6-14(16)7-9-15/h2-11H,1H3/b11-10+. The quantitative estimate of drug-likeness (QED) is 0.673. The molecule has 0 aliphatic heterocycles. The molecule has 86 valence electrons. The van der Waals surface area contributed by atoms with Crippen LogP contribution in [0.5, 0.6) is 0 Å². The molecule has 0 aliphatic rings. The van der Waals surface area contributed by atoms with Gasteiger partial charge >= 0.3 is 0 Å². The zero-order valence-electron chi connectivity index (χ0n) is 9.56. The van der Waals surface area contributed by atoms with E-state index in [4.69, 9.17) is 0 Å². The summed E-state index contributed by atoms with van der Waals surface area (Å²) >= 11 is 5.16. The fourth-order valence-corrected chi connectivity index (χ4v) is 2.32. The average Bonchev–Trinajstić information content (AvgIpc) is 2.34. The molecule has 0 aliphatic carbocycles. The van der Waals surface area contributed by atoms with Crippen LogP contribution in [0.25, 0.3) is 6.08 Å². The van der Waals surface area contributed by atoms with Gasteiger partial charge in [-0.1, -0.05) is 57.5 Å². The molecule has 0 nitrogen and oxygen atoms in total. The van der Waals surface area contributed by atoms with Crippen molar-refractivity contribution in [2.75, 3.05) is 0 Å². The van der Waals surface area contributed by atoms with Gasteiger partial charge in [0, 0.05) is 9.37 Å². The Labute approximate surface area is 115 Å². The molecule has 2 aromatic rings. The number of hydrogen-bond acceptors (Lipinski definition) is 1. The Bertz CT molecular complexity index is 497. The molecule has 0 fully saturated rings. The molecule has 2 heteroatoms. The molecule has 0 saturated heterocycles. The molecule has 17 heavy (non-hydrogen) atoms. The van der Waals surface area contributed by atoms with E-state index in [-0.39, 0.29) is 0 Å². The van der Waals surface area contributed by atoms with Gasteiger partial charge in [0.15, 0.2) is 0 Å². The van der Waals surface area contributed by atoms with Crippen molar-refractivity contribution in [1.82, 2.24) is 0 Å². The predicted octanol–water partition coefficient (Wildman–Crippen LogP) is 5.52. The highest BCUT2D eigenvalue weighted by Crippen LogP contribution is 2.22. The second kappa shape index (κ2) is 6.08. The van der Waals surface area contributed by atoms with Crippen LogP contribution in [-0.2, 0) is 0 Å². The maximum absolute atomic E-state index is 3.43. The molecule has 0 spiro atoms. The summed E-state index contributed by atoms with van der Waals surface area (Å²) in [6, 6.07) is 16.8. The van der Waals surface area contributed by atoms with Gasteiger partial charge in [0.05, 0.1) is 0 Å². The molecule has 0 saturated carbocycles. The fourth-order valence-electron chi connectivity index (χ4n) is 1.38. The van der Waals surface area contributed by atoms with Crippen LogP contribution in [0.15, 0.2) is 63.3 Å². The summed E-state index contributed by atoms with van der Waals surface area (Å²) in [5.74, 6) is 0. The summed E-state index contributed by atoms with van der Waals surface area (Å²) in [6.45, 7) is 2.10. The van der Waals surface area contributed by atoms with Gasteiger partial charge in [-0.05, 0) is 48.2 Å². The van der Waals surface area contributed by atoms with Crippen LogP contribution in [0.1, 0.15) is 11.1 Å². The molecule has 2 aromatic carbocycles. The number of thioether (sulfide) groups is 1. The third-order valence-electron chi connectivity index (χ3n) is 2.36. The monoisotopic (exact) mass is 304 g/mol. The van der Waals surface area contributed by atoms with Crippen molar-refractivity contribution in [1.29, 1.82) is 0 Å². The van der Waals surface area contributed by atoms with Gasteiger partial charge in [-0.2, -0.15) is 0 Å². The van der Waals surface area contributed by atoms with Gasteiger partial charge in [-0.25, -0.2) is 0 Å². The van der Waals surface area contributed by atoms with Gasteiger partial charge in [0.25, 0.3) is 0 Å². The summed E-state index contributed by atoms with van der Waals surface area (Å²) in [5.41, 5.74) is 2.53. The number of benzene rings is 2. The van der Waals surface area contributed by atoms with Gasteiger partial charge in [-0.15, -0.1) is 0 Å². The van der Waals surface area contributed by atoms with Gasteiger partial charge in [0.1, 0.15) is 0 Å². The van der Waals surface area contributed by atoms with Crippen molar-refractivity contribution < 1.29 is 0 Å². The minimum absolute atomic E-state index is 1.12. The normalized spacial score (nSPS) is 10.9. The lowest BCUT2D eigenvalue weighted by atomic mass is 10.2. The van der Waals surface area contributed by atoms with E-state index in [1.807, 2.05) is 0 Å². The number of halogens is 1. The van der Waals surface area contributed by atoms with Crippen molar-refractivity contribution in [2.24, 2.45) is 0 Å². The highest BCUT2D eigenvalue weighted by molar-refractivity contribution is 9.10. The predicted molar refractivity (Wildman–Crippen MR) is 80.2 cm³/mol. The Morgan fingerprint density at radius 3 is 2.24 bits per heavy atom. The van der Waals surface area contributed by atoms with E-state index in [1.165, 1.54) is 16.0 Å². The number of aryl methyl sites for hydroxylation is 1. The van der Waals surface area contributed by atoms with Crippen LogP contribution in [0, 0.1) is 6.92 Å². The maximum atomic E-state index is 3.43. The second-order valence-corrected chi connectivity index (χ2v) is 5.68. The maximum Gasteiger partial charge on any atom is 0.0176 e. The lowest BCUT2D eigenvalue weighted by Crippen LogP contribution is -1.72. The first-order valence-electron chi connectivity index (χ1n) is 5.39. The first kappa shape index (κ1) is 12.5. The Kier molecular flexibility index (Phi) is 4.46. The van der Waals surface area contributed by atoms with Crippen molar-refractivity contribution >= 4 is 33.8 Å². The second-order valence-electron chi connectivity index (χ2n) is 3.79. The van der Waals surface area contributed by atoms with Crippen LogP contribution in [0.3, 0.4) is 0 Å². The van der Waals surface area contributed by atoms with E-state index in [2.05, 4.69) is 82.9 Å². The van der Waals surface area contributed by atoms with Gasteiger partial charge in [-0.3, -0.25) is 0 Å². The molecule has 0 radical (unpaired) electrons. The van der Waals surface area contributed by atoms with Crippen LogP contribution in [0.4, 0.5) is 0 Å². The summed E-state index contributed by atoms with van der Waals surface area (Å²) in [6.07, 6.45) is 2.13. The van der Waals surface area contributed by atoms with Crippen molar-refractivity contribution in [3.05, 3.63) is 69.5 Å². The molecular weight excluding hydrogens is 292 g/mol. The zero-order chi connectivity index (χ0) is 12.1. The fraction of sp³-hybridized carbons (Fsp3) is 0.0667. The smallest absolute Gasteiger partial charge is 0.0176 e. The molecule has 2 rings (SSSR count). The van der Waals surface area contributed by atoms with Crippen molar-refractivity contribution in [2.45, 2.75) is 11.8 Å². The third kappa shape index (κ3) is 4.06. The van der Waals surface area contributed by atoms with E-state index < -0.39 is 0 Å². The lowest BCUT2D eigenvalue weighted by Gasteiger charge is -1.97. The molecule has 0 unspecified atom stereocenters. The summed E-state index contributed by atoms with van der Waals surface area (Å²) in [7, 11) is 0. The lowest BCUT2D eigenvalue weighted by molar-refractivity contribution is 1.45. The molecule has 0 N–H and O–H groups in total. The minimum atomic E-state index is 1.12. The highest BCUT2D eigenvalue weighted by Gasteiger charge is 1.91. The topological polar surface area (TPSA) is 0 Å². The molecule has 0 atom stereocenters. The van der Waals surface area contributed by atoms with Crippen LogP contribution in [-0.4, -0.2) is 0 Å². The van der Waals surface area contributed by atoms with E-state index in [1.54, 1.807) is 11.8 Å². The Morgan fingerprint density at radius 1 is 0.941 bits per heavy atom. The molecule has 0 bridgehead atoms.